The summed E-state index contributed by atoms with van der Waals surface area (Å²) in [5, 5.41) is 6.59. The molecule has 5 aromatic heterocycles. The van der Waals surface area contributed by atoms with E-state index in [1.54, 1.807) is 0 Å². The number of fused-ring (bicyclic) bond motifs is 9. The van der Waals surface area contributed by atoms with E-state index < -0.39 is 0 Å². The van der Waals surface area contributed by atoms with E-state index in [0.717, 1.165) is 106 Å². The summed E-state index contributed by atoms with van der Waals surface area (Å²) >= 11 is 0. The molecule has 7 heteroatoms. The van der Waals surface area contributed by atoms with Crippen LogP contribution in [0.25, 0.3) is 93.9 Å². The molecule has 0 unspecified atom stereocenters. The van der Waals surface area contributed by atoms with Gasteiger partial charge in [0.2, 0.25) is 0 Å². The first-order valence-corrected chi connectivity index (χ1v) is 19.6. The Morgan fingerprint density at radius 3 is 1.48 bits per heavy atom. The number of anilines is 3. The topological polar surface area (TPSA) is 60.2 Å². The largest absolute Gasteiger partial charge is 2.00 e. The summed E-state index contributed by atoms with van der Waals surface area (Å²) in [6.45, 7) is 2.16. The molecule has 0 spiro atoms. The molecule has 6 nitrogen and oxygen atoms in total. The Balaban J connectivity index is 0.00000408. The van der Waals surface area contributed by atoms with Gasteiger partial charge in [0.15, 0.2) is 11.2 Å². The fourth-order valence-corrected chi connectivity index (χ4v) is 8.60. The first kappa shape index (κ1) is 35.9. The molecular formula is C53H32N4O2Pt. The van der Waals surface area contributed by atoms with Gasteiger partial charge in [0.1, 0.15) is 11.2 Å². The van der Waals surface area contributed by atoms with E-state index in [1.807, 2.05) is 48.8 Å². The Morgan fingerprint density at radius 1 is 0.467 bits per heavy atom. The Hall–Kier alpha value is -7.27. The zero-order valence-electron chi connectivity index (χ0n) is 32.2. The van der Waals surface area contributed by atoms with Crippen LogP contribution in [0.3, 0.4) is 0 Å². The molecule has 7 aromatic carbocycles. The van der Waals surface area contributed by atoms with Gasteiger partial charge >= 0.3 is 21.1 Å². The average molecular weight is 952 g/mol. The molecule has 0 aliphatic carbocycles. The minimum Gasteiger partial charge on any atom is -0.455 e. The number of rotatable bonds is 6. The number of hydrogen-bond acceptors (Lipinski definition) is 5. The SMILES string of the molecule is Cc1ccc(-n2c3ccccc3c3ccccc32)cc1N(c1[c-]c(-c2cc3c(cn2)oc2ccccc23)ccc1)c1[c-]c(-c2cc3c(cn2)oc2ccccc23)ccc1.[Pt+2]. The number of pyridine rings is 2. The molecule has 5 heterocycles. The molecule has 0 radical (unpaired) electrons. The first-order chi connectivity index (χ1) is 29.1. The van der Waals surface area contributed by atoms with E-state index in [4.69, 9.17) is 18.8 Å². The molecule has 12 aromatic rings. The van der Waals surface area contributed by atoms with Crippen LogP contribution < -0.4 is 4.90 Å². The third-order valence-corrected chi connectivity index (χ3v) is 11.4. The normalized spacial score (nSPS) is 11.6. The molecule has 0 fully saturated rings. The van der Waals surface area contributed by atoms with Crippen molar-refractivity contribution in [1.82, 2.24) is 14.5 Å². The van der Waals surface area contributed by atoms with E-state index in [2.05, 4.69) is 156 Å². The number of hydrogen-bond donors (Lipinski definition) is 0. The maximum Gasteiger partial charge on any atom is 2.00 e. The van der Waals surface area contributed by atoms with E-state index in [-0.39, 0.29) is 21.1 Å². The zero-order chi connectivity index (χ0) is 39.0. The number of furan rings is 2. The molecule has 0 aliphatic rings. The Labute approximate surface area is 359 Å². The molecular weight excluding hydrogens is 920 g/mol. The Kier molecular flexibility index (Phi) is 8.50. The fourth-order valence-electron chi connectivity index (χ4n) is 8.60. The molecule has 0 atom stereocenters. The maximum atomic E-state index is 6.12. The Morgan fingerprint density at radius 2 is 0.950 bits per heavy atom. The number of aryl methyl sites for hydroxylation is 1. The summed E-state index contributed by atoms with van der Waals surface area (Å²) in [4.78, 5) is 12.0. The van der Waals surface area contributed by atoms with Crippen molar-refractivity contribution in [2.24, 2.45) is 0 Å². The van der Waals surface area contributed by atoms with Crippen LogP contribution in [0.5, 0.6) is 0 Å². The van der Waals surface area contributed by atoms with Crippen molar-refractivity contribution in [3.63, 3.8) is 0 Å². The van der Waals surface area contributed by atoms with Gasteiger partial charge < -0.3 is 28.3 Å². The molecule has 0 bridgehead atoms. The second-order valence-corrected chi connectivity index (χ2v) is 14.9. The molecule has 0 aliphatic heterocycles. The predicted molar refractivity (Wildman–Crippen MR) is 239 cm³/mol. The number of para-hydroxylation sites is 4. The van der Waals surface area contributed by atoms with Crippen molar-refractivity contribution in [1.29, 1.82) is 0 Å². The smallest absolute Gasteiger partial charge is 0.455 e. The van der Waals surface area contributed by atoms with Gasteiger partial charge in [-0.2, -0.15) is 0 Å². The van der Waals surface area contributed by atoms with Crippen LogP contribution in [0.2, 0.25) is 0 Å². The molecule has 60 heavy (non-hydrogen) atoms. The van der Waals surface area contributed by atoms with E-state index in [0.29, 0.717) is 0 Å². The molecule has 0 N–H and O–H groups in total. The maximum absolute atomic E-state index is 6.12. The van der Waals surface area contributed by atoms with Crippen LogP contribution in [0.1, 0.15) is 5.56 Å². The first-order valence-electron chi connectivity index (χ1n) is 19.6. The summed E-state index contributed by atoms with van der Waals surface area (Å²) in [7, 11) is 0. The standard InChI is InChI=1S/C53H32N4O2.Pt/c1-33-24-25-38(57-47-20-6-2-16-39(47)40-17-3-7-21-48(40)57)28-49(33)56(36-14-10-12-34(26-36)45-29-43-41-18-4-8-22-50(41)58-52(43)31-54-45)37-15-11-13-35(27-37)46-30-44-42-19-5-9-23-51(42)59-53(44)32-55-46;/h2-25,28-32H,1H3;/q-2;+2. The number of nitrogens with zero attached hydrogens (tertiary/aromatic N) is 4. The molecule has 286 valence electrons. The third-order valence-electron chi connectivity index (χ3n) is 11.4. The van der Waals surface area contributed by atoms with Crippen LogP contribution in [0, 0.1) is 19.1 Å². The molecule has 0 saturated carbocycles. The minimum atomic E-state index is 0. The fraction of sp³-hybridized carbons (Fsp3) is 0.0189. The van der Waals surface area contributed by atoms with E-state index in [1.165, 1.54) is 10.8 Å². The van der Waals surface area contributed by atoms with Crippen LogP contribution >= 0.6 is 0 Å². The van der Waals surface area contributed by atoms with E-state index in [9.17, 15) is 0 Å². The predicted octanol–water partition coefficient (Wildman–Crippen LogP) is 14.1. The molecule has 0 saturated heterocycles. The van der Waals surface area contributed by atoms with Crippen molar-refractivity contribution in [2.75, 3.05) is 4.90 Å². The number of aromatic nitrogens is 3. The number of benzene rings is 7. The third kappa shape index (κ3) is 5.75. The second-order valence-electron chi connectivity index (χ2n) is 14.9. The van der Waals surface area contributed by atoms with Gasteiger partial charge in [0, 0.05) is 43.7 Å². The van der Waals surface area contributed by atoms with Crippen LogP contribution in [0.15, 0.2) is 185 Å². The van der Waals surface area contributed by atoms with Crippen LogP contribution in [0.4, 0.5) is 17.1 Å². The average Bonchev–Trinajstić information content (AvgIpc) is 3.96. The van der Waals surface area contributed by atoms with E-state index >= 15 is 0 Å². The van der Waals surface area contributed by atoms with Crippen molar-refractivity contribution >= 4 is 82.7 Å². The van der Waals surface area contributed by atoms with Gasteiger partial charge in [-0.25, -0.2) is 0 Å². The summed E-state index contributed by atoms with van der Waals surface area (Å²) in [5.74, 6) is 0. The van der Waals surface area contributed by atoms with Gasteiger partial charge in [-0.15, -0.1) is 59.7 Å². The summed E-state index contributed by atoms with van der Waals surface area (Å²) in [5.41, 5.74) is 13.7. The molecule has 0 amide bonds. The van der Waals surface area contributed by atoms with Crippen LogP contribution in [-0.4, -0.2) is 14.5 Å². The second kappa shape index (κ2) is 14.2. The molecule has 12 rings (SSSR count). The van der Waals surface area contributed by atoms with Gasteiger partial charge in [0.25, 0.3) is 0 Å². The van der Waals surface area contributed by atoms with Crippen molar-refractivity contribution in [2.45, 2.75) is 6.92 Å². The minimum absolute atomic E-state index is 0. The van der Waals surface area contributed by atoms with Gasteiger partial charge in [-0.3, -0.25) is 0 Å². The van der Waals surface area contributed by atoms with Gasteiger partial charge in [0.05, 0.1) is 23.4 Å². The van der Waals surface area contributed by atoms with Crippen molar-refractivity contribution in [3.05, 3.63) is 194 Å². The zero-order valence-corrected chi connectivity index (χ0v) is 34.4. The van der Waals surface area contributed by atoms with Crippen molar-refractivity contribution < 1.29 is 29.9 Å². The summed E-state index contributed by atoms with van der Waals surface area (Å²) < 4.78 is 14.6. The Bertz CT molecular complexity index is 3410. The monoisotopic (exact) mass is 951 g/mol. The van der Waals surface area contributed by atoms with Crippen molar-refractivity contribution in [3.8, 4) is 28.2 Å². The quantitative estimate of drug-likeness (QED) is 0.155. The van der Waals surface area contributed by atoms with Crippen LogP contribution in [-0.2, 0) is 21.1 Å². The summed E-state index contributed by atoms with van der Waals surface area (Å²) in [6.07, 6.45) is 3.62. The van der Waals surface area contributed by atoms with Gasteiger partial charge in [-0.1, -0.05) is 91.0 Å². The van der Waals surface area contributed by atoms with Gasteiger partial charge in [-0.05, 0) is 71.6 Å². The summed E-state index contributed by atoms with van der Waals surface area (Å²) in [6, 6.07) is 64.4.